The first-order valence-electron chi connectivity index (χ1n) is 6.12. The Labute approximate surface area is 91.1 Å². The first kappa shape index (κ1) is 9.41. The molecule has 1 saturated carbocycles. The second-order valence-electron chi connectivity index (χ2n) is 5.06. The third-order valence-corrected chi connectivity index (χ3v) is 4.24. The van der Waals surface area contributed by atoms with Crippen LogP contribution in [0.15, 0.2) is 24.3 Å². The quantitative estimate of drug-likeness (QED) is 0.742. The van der Waals surface area contributed by atoms with Crippen LogP contribution >= 0.6 is 0 Å². The predicted molar refractivity (Wildman–Crippen MR) is 60.6 cm³/mol. The van der Waals surface area contributed by atoms with Gasteiger partial charge in [0.1, 0.15) is 0 Å². The Hall–Kier alpha value is -0.820. The lowest BCUT2D eigenvalue weighted by Gasteiger charge is -2.21. The van der Waals surface area contributed by atoms with E-state index in [4.69, 9.17) is 0 Å². The lowest BCUT2D eigenvalue weighted by Crippen LogP contribution is -2.16. The molecule has 1 fully saturated rings. The monoisotopic (exact) mass is 202 g/mol. The molecule has 1 aromatic carbocycles. The number of benzene rings is 1. The highest BCUT2D eigenvalue weighted by molar-refractivity contribution is 5.34. The smallest absolute Gasteiger partial charge is 0.0826 e. The van der Waals surface area contributed by atoms with Gasteiger partial charge >= 0.3 is 0 Å². The van der Waals surface area contributed by atoms with Crippen LogP contribution in [0, 0.1) is 11.8 Å². The van der Waals surface area contributed by atoms with E-state index in [0.717, 1.165) is 12.3 Å². The van der Waals surface area contributed by atoms with Gasteiger partial charge in [-0.15, -0.1) is 0 Å². The molecule has 2 aliphatic carbocycles. The molecule has 3 rings (SSSR count). The molecule has 15 heavy (non-hydrogen) atoms. The fraction of sp³-hybridized carbons (Fsp3) is 0.571. The fourth-order valence-electron chi connectivity index (χ4n) is 3.41. The van der Waals surface area contributed by atoms with E-state index in [9.17, 15) is 5.11 Å². The molecule has 0 spiro atoms. The third kappa shape index (κ3) is 1.50. The van der Waals surface area contributed by atoms with Gasteiger partial charge in [-0.1, -0.05) is 49.9 Å². The summed E-state index contributed by atoms with van der Waals surface area (Å²) in [6, 6.07) is 8.39. The zero-order valence-corrected chi connectivity index (χ0v) is 9.02. The number of hydrogen-bond acceptors (Lipinski definition) is 1. The molecule has 0 heterocycles. The molecule has 1 nitrogen and oxygen atoms in total. The van der Waals surface area contributed by atoms with Crippen LogP contribution in [0.4, 0.5) is 0 Å². The molecule has 80 valence electrons. The van der Waals surface area contributed by atoms with E-state index >= 15 is 0 Å². The van der Waals surface area contributed by atoms with Crippen LogP contribution in [0.25, 0.3) is 0 Å². The number of hydrogen-bond donors (Lipinski definition) is 1. The summed E-state index contributed by atoms with van der Waals surface area (Å²) >= 11 is 0. The number of rotatable bonds is 1. The van der Waals surface area contributed by atoms with Crippen molar-refractivity contribution in [2.75, 3.05) is 0 Å². The number of aliphatic hydroxyl groups excluding tert-OH is 1. The zero-order chi connectivity index (χ0) is 10.3. The van der Waals surface area contributed by atoms with Crippen molar-refractivity contribution in [3.8, 4) is 0 Å². The number of aliphatic hydroxyl groups is 1. The zero-order valence-electron chi connectivity index (χ0n) is 9.02. The van der Waals surface area contributed by atoms with Crippen LogP contribution in [0.3, 0.4) is 0 Å². The molecule has 2 atom stereocenters. The Morgan fingerprint density at radius 2 is 1.80 bits per heavy atom. The molecule has 2 aliphatic rings. The molecule has 0 radical (unpaired) electrons. The Balaban J connectivity index is 1.86. The van der Waals surface area contributed by atoms with Gasteiger partial charge in [0.15, 0.2) is 0 Å². The topological polar surface area (TPSA) is 20.2 Å². The largest absolute Gasteiger partial charge is 0.388 e. The minimum Gasteiger partial charge on any atom is -0.388 e. The van der Waals surface area contributed by atoms with Gasteiger partial charge in [0.25, 0.3) is 0 Å². The second kappa shape index (κ2) is 3.64. The van der Waals surface area contributed by atoms with Crippen molar-refractivity contribution in [1.82, 2.24) is 0 Å². The Bertz CT molecular complexity index is 352. The first-order valence-corrected chi connectivity index (χ1v) is 6.12. The van der Waals surface area contributed by atoms with E-state index < -0.39 is 0 Å². The van der Waals surface area contributed by atoms with Crippen LogP contribution < -0.4 is 0 Å². The summed E-state index contributed by atoms with van der Waals surface area (Å²) < 4.78 is 0. The van der Waals surface area contributed by atoms with Crippen LogP contribution in [0.2, 0.25) is 0 Å². The maximum atomic E-state index is 10.3. The summed E-state index contributed by atoms with van der Waals surface area (Å²) in [7, 11) is 0. The Morgan fingerprint density at radius 3 is 2.53 bits per heavy atom. The highest BCUT2D eigenvalue weighted by Gasteiger charge is 2.36. The van der Waals surface area contributed by atoms with Gasteiger partial charge < -0.3 is 5.11 Å². The third-order valence-electron chi connectivity index (χ3n) is 4.24. The van der Waals surface area contributed by atoms with Gasteiger partial charge in [-0.3, -0.25) is 0 Å². The van der Waals surface area contributed by atoms with Crippen LogP contribution in [0.1, 0.15) is 42.9 Å². The summed E-state index contributed by atoms with van der Waals surface area (Å²) in [6.07, 6.45) is 6.30. The van der Waals surface area contributed by atoms with Gasteiger partial charge in [0, 0.05) is 0 Å². The average molecular weight is 202 g/mol. The highest BCUT2D eigenvalue weighted by Crippen LogP contribution is 2.45. The van der Waals surface area contributed by atoms with Crippen molar-refractivity contribution >= 4 is 0 Å². The van der Waals surface area contributed by atoms with E-state index in [2.05, 4.69) is 18.2 Å². The first-order chi connectivity index (χ1) is 7.36. The van der Waals surface area contributed by atoms with E-state index in [1.54, 1.807) is 0 Å². The molecular weight excluding hydrogens is 184 g/mol. The minimum absolute atomic E-state index is 0.190. The highest BCUT2D eigenvalue weighted by atomic mass is 16.3. The minimum atomic E-state index is -0.190. The lowest BCUT2D eigenvalue weighted by atomic mass is 9.87. The molecule has 0 aliphatic heterocycles. The van der Waals surface area contributed by atoms with E-state index in [1.165, 1.54) is 36.8 Å². The van der Waals surface area contributed by atoms with Crippen molar-refractivity contribution in [3.05, 3.63) is 35.4 Å². The van der Waals surface area contributed by atoms with Crippen LogP contribution in [0.5, 0.6) is 0 Å². The molecule has 0 amide bonds. The molecule has 1 aromatic rings. The number of fused-ring (bicyclic) bond motifs is 1. The summed E-state index contributed by atoms with van der Waals surface area (Å²) in [5.41, 5.74) is 2.57. The Morgan fingerprint density at radius 1 is 1.07 bits per heavy atom. The molecule has 0 saturated heterocycles. The fourth-order valence-corrected chi connectivity index (χ4v) is 3.41. The van der Waals surface area contributed by atoms with Crippen molar-refractivity contribution in [2.45, 2.75) is 38.2 Å². The van der Waals surface area contributed by atoms with E-state index in [-0.39, 0.29) is 6.10 Å². The SMILES string of the molecule is OC1c2ccccc2CC1C1CCCC1. The van der Waals surface area contributed by atoms with Gasteiger partial charge in [0.2, 0.25) is 0 Å². The maximum Gasteiger partial charge on any atom is 0.0826 e. The molecule has 0 bridgehead atoms. The molecule has 1 heteroatoms. The summed E-state index contributed by atoms with van der Waals surface area (Å²) in [4.78, 5) is 0. The summed E-state index contributed by atoms with van der Waals surface area (Å²) in [5.74, 6) is 1.28. The van der Waals surface area contributed by atoms with Crippen LogP contribution in [-0.4, -0.2) is 5.11 Å². The van der Waals surface area contributed by atoms with Crippen molar-refractivity contribution in [3.63, 3.8) is 0 Å². The van der Waals surface area contributed by atoms with Crippen molar-refractivity contribution in [1.29, 1.82) is 0 Å². The van der Waals surface area contributed by atoms with Gasteiger partial charge in [-0.05, 0) is 29.4 Å². The van der Waals surface area contributed by atoms with E-state index in [1.807, 2.05) is 6.07 Å². The lowest BCUT2D eigenvalue weighted by molar-refractivity contribution is 0.0881. The standard InChI is InChI=1S/C14H18O/c15-14-12-8-4-3-7-11(12)9-13(14)10-5-1-2-6-10/h3-4,7-8,10,13-15H,1-2,5-6,9H2. The molecular formula is C14H18O. The molecule has 0 aromatic heterocycles. The Kier molecular flexibility index (Phi) is 2.28. The molecule has 1 N–H and O–H groups in total. The maximum absolute atomic E-state index is 10.3. The normalized spacial score (nSPS) is 30.7. The van der Waals surface area contributed by atoms with E-state index in [0.29, 0.717) is 5.92 Å². The predicted octanol–water partition coefficient (Wildman–Crippen LogP) is 3.08. The molecule has 2 unspecified atom stereocenters. The van der Waals surface area contributed by atoms with Gasteiger partial charge in [-0.2, -0.15) is 0 Å². The second-order valence-corrected chi connectivity index (χ2v) is 5.06. The van der Waals surface area contributed by atoms with Gasteiger partial charge in [0.05, 0.1) is 6.10 Å². The van der Waals surface area contributed by atoms with Gasteiger partial charge in [-0.25, -0.2) is 0 Å². The summed E-state index contributed by atoms with van der Waals surface area (Å²) in [5, 5.41) is 10.3. The summed E-state index contributed by atoms with van der Waals surface area (Å²) in [6.45, 7) is 0. The average Bonchev–Trinajstić information content (AvgIpc) is 2.87. The van der Waals surface area contributed by atoms with Crippen LogP contribution in [-0.2, 0) is 6.42 Å². The van der Waals surface area contributed by atoms with Crippen molar-refractivity contribution < 1.29 is 5.11 Å². The van der Waals surface area contributed by atoms with Crippen molar-refractivity contribution in [2.24, 2.45) is 11.8 Å².